The van der Waals surface area contributed by atoms with Crippen molar-refractivity contribution in [2.75, 3.05) is 26.6 Å². The van der Waals surface area contributed by atoms with E-state index in [9.17, 15) is 4.79 Å². The molecule has 0 radical (unpaired) electrons. The van der Waals surface area contributed by atoms with E-state index in [1.807, 2.05) is 48.5 Å². The Balaban J connectivity index is 1.78. The summed E-state index contributed by atoms with van der Waals surface area (Å²) >= 11 is 0. The third kappa shape index (κ3) is 4.27. The Hall–Kier alpha value is -4.26. The van der Waals surface area contributed by atoms with Crippen molar-refractivity contribution in [3.05, 3.63) is 84.6 Å². The lowest BCUT2D eigenvalue weighted by Crippen LogP contribution is -2.12. The molecular formula is C25H23N3O4. The highest BCUT2D eigenvalue weighted by Gasteiger charge is 2.20. The zero-order valence-corrected chi connectivity index (χ0v) is 18.0. The van der Waals surface area contributed by atoms with Crippen LogP contribution >= 0.6 is 0 Å². The Bertz CT molecular complexity index is 1240. The number of rotatable bonds is 7. The lowest BCUT2D eigenvalue weighted by atomic mass is 10.1. The zero-order valence-electron chi connectivity index (χ0n) is 18.0. The normalized spacial score (nSPS) is 10.5. The highest BCUT2D eigenvalue weighted by Crippen LogP contribution is 2.33. The van der Waals surface area contributed by atoms with Crippen molar-refractivity contribution < 1.29 is 19.0 Å². The molecular weight excluding hydrogens is 406 g/mol. The van der Waals surface area contributed by atoms with E-state index in [1.165, 1.54) is 0 Å². The van der Waals surface area contributed by atoms with Gasteiger partial charge in [0.1, 0.15) is 11.4 Å². The van der Waals surface area contributed by atoms with E-state index in [-0.39, 0.29) is 5.91 Å². The first-order valence-electron chi connectivity index (χ1n) is 9.96. The lowest BCUT2D eigenvalue weighted by molar-refractivity contribution is 0.102. The third-order valence-corrected chi connectivity index (χ3v) is 4.96. The second-order valence-corrected chi connectivity index (χ2v) is 6.93. The number of ether oxygens (including phenoxy) is 3. The topological polar surface area (TPSA) is 74.6 Å². The van der Waals surface area contributed by atoms with Crippen molar-refractivity contribution in [1.82, 2.24) is 9.78 Å². The van der Waals surface area contributed by atoms with E-state index in [0.29, 0.717) is 34.2 Å². The Morgan fingerprint density at radius 3 is 2.34 bits per heavy atom. The van der Waals surface area contributed by atoms with Crippen LogP contribution in [0.15, 0.2) is 79.0 Å². The van der Waals surface area contributed by atoms with E-state index in [0.717, 1.165) is 11.3 Å². The summed E-state index contributed by atoms with van der Waals surface area (Å²) in [6.45, 7) is 0. The van der Waals surface area contributed by atoms with Gasteiger partial charge in [0, 0.05) is 23.5 Å². The van der Waals surface area contributed by atoms with Crippen LogP contribution in [-0.4, -0.2) is 37.0 Å². The molecule has 1 amide bonds. The third-order valence-electron chi connectivity index (χ3n) is 4.96. The molecule has 7 nitrogen and oxygen atoms in total. The van der Waals surface area contributed by atoms with Crippen LogP contribution in [0, 0.1) is 0 Å². The van der Waals surface area contributed by atoms with Gasteiger partial charge in [0.25, 0.3) is 5.91 Å². The maximum absolute atomic E-state index is 13.3. The fourth-order valence-corrected chi connectivity index (χ4v) is 3.35. The van der Waals surface area contributed by atoms with Crippen molar-refractivity contribution in [2.45, 2.75) is 0 Å². The number of aromatic nitrogens is 2. The number of hydrogen-bond acceptors (Lipinski definition) is 5. The molecule has 32 heavy (non-hydrogen) atoms. The number of amides is 1. The minimum absolute atomic E-state index is 0.287. The van der Waals surface area contributed by atoms with Gasteiger partial charge in [-0.2, -0.15) is 5.10 Å². The summed E-state index contributed by atoms with van der Waals surface area (Å²) in [5, 5.41) is 7.64. The number of carbonyl (C=O) groups excluding carboxylic acids is 1. The van der Waals surface area contributed by atoms with Crippen LogP contribution in [-0.2, 0) is 0 Å². The molecule has 0 aliphatic carbocycles. The molecule has 0 saturated carbocycles. The molecule has 7 heteroatoms. The van der Waals surface area contributed by atoms with Crippen LogP contribution < -0.4 is 19.5 Å². The van der Waals surface area contributed by atoms with Crippen molar-refractivity contribution in [3.8, 4) is 34.2 Å². The fourth-order valence-electron chi connectivity index (χ4n) is 3.35. The van der Waals surface area contributed by atoms with Gasteiger partial charge in [-0.15, -0.1) is 0 Å². The standard InChI is InChI=1S/C25H23N3O4/c1-30-20-11-7-8-18(15-20)26-25(29)21-16-28(19-9-5-4-6-10-19)27-24(21)17-12-13-22(31-2)23(14-17)32-3/h4-16H,1-3H3,(H,26,29). The predicted octanol–water partition coefficient (Wildman–Crippen LogP) is 4.82. The summed E-state index contributed by atoms with van der Waals surface area (Å²) in [5.41, 5.74) is 3.14. The highest BCUT2D eigenvalue weighted by molar-refractivity contribution is 6.08. The first-order valence-corrected chi connectivity index (χ1v) is 9.96. The number of hydrogen-bond donors (Lipinski definition) is 1. The van der Waals surface area contributed by atoms with Gasteiger partial charge >= 0.3 is 0 Å². The van der Waals surface area contributed by atoms with Gasteiger partial charge in [-0.3, -0.25) is 4.79 Å². The quantitative estimate of drug-likeness (QED) is 0.456. The molecule has 0 spiro atoms. The number of benzene rings is 3. The number of carbonyl (C=O) groups is 1. The molecule has 1 heterocycles. The van der Waals surface area contributed by atoms with Gasteiger partial charge in [0.15, 0.2) is 11.5 Å². The minimum Gasteiger partial charge on any atom is -0.497 e. The van der Waals surface area contributed by atoms with E-state index in [4.69, 9.17) is 19.3 Å². The minimum atomic E-state index is -0.287. The lowest BCUT2D eigenvalue weighted by Gasteiger charge is -2.10. The van der Waals surface area contributed by atoms with Crippen LogP contribution in [0.25, 0.3) is 16.9 Å². The summed E-state index contributed by atoms with van der Waals surface area (Å²) < 4.78 is 17.7. The highest BCUT2D eigenvalue weighted by atomic mass is 16.5. The molecule has 0 fully saturated rings. The molecule has 0 saturated heterocycles. The van der Waals surface area contributed by atoms with Gasteiger partial charge in [-0.25, -0.2) is 4.68 Å². The van der Waals surface area contributed by atoms with Gasteiger partial charge in [0.05, 0.1) is 32.6 Å². The number of methoxy groups -OCH3 is 3. The Labute approximate surface area is 186 Å². The van der Waals surface area contributed by atoms with E-state index in [2.05, 4.69) is 5.32 Å². The molecule has 0 aliphatic rings. The average molecular weight is 429 g/mol. The molecule has 1 N–H and O–H groups in total. The summed E-state index contributed by atoms with van der Waals surface area (Å²) in [6, 6.07) is 22.3. The summed E-state index contributed by atoms with van der Waals surface area (Å²) in [6.07, 6.45) is 1.72. The van der Waals surface area contributed by atoms with Crippen LogP contribution in [0.1, 0.15) is 10.4 Å². The SMILES string of the molecule is COc1cccc(NC(=O)c2cn(-c3ccccc3)nc2-c2ccc(OC)c(OC)c2)c1. The maximum atomic E-state index is 13.3. The van der Waals surface area contributed by atoms with Crippen LogP contribution in [0.4, 0.5) is 5.69 Å². The predicted molar refractivity (Wildman–Crippen MR) is 123 cm³/mol. The summed E-state index contributed by atoms with van der Waals surface area (Å²) in [4.78, 5) is 13.3. The molecule has 0 aliphatic heterocycles. The van der Waals surface area contributed by atoms with Crippen molar-refractivity contribution in [2.24, 2.45) is 0 Å². The number of anilines is 1. The molecule has 1 aromatic heterocycles. The van der Waals surface area contributed by atoms with Gasteiger partial charge in [0.2, 0.25) is 0 Å². The molecule has 4 rings (SSSR count). The number of para-hydroxylation sites is 1. The number of nitrogens with zero attached hydrogens (tertiary/aromatic N) is 2. The van der Waals surface area contributed by atoms with Crippen LogP contribution in [0.2, 0.25) is 0 Å². The first kappa shape index (κ1) is 21.0. The summed E-state index contributed by atoms with van der Waals surface area (Å²) in [7, 11) is 4.73. The van der Waals surface area contributed by atoms with Crippen molar-refractivity contribution >= 4 is 11.6 Å². The number of nitrogens with one attached hydrogen (secondary N) is 1. The zero-order chi connectivity index (χ0) is 22.5. The molecule has 0 unspecified atom stereocenters. The van der Waals surface area contributed by atoms with Crippen molar-refractivity contribution in [1.29, 1.82) is 0 Å². The second kappa shape index (κ2) is 9.26. The smallest absolute Gasteiger partial charge is 0.259 e. The van der Waals surface area contributed by atoms with Crippen LogP contribution in [0.5, 0.6) is 17.2 Å². The Kier molecular flexibility index (Phi) is 6.07. The van der Waals surface area contributed by atoms with E-state index < -0.39 is 0 Å². The molecule has 4 aromatic rings. The van der Waals surface area contributed by atoms with Crippen LogP contribution in [0.3, 0.4) is 0 Å². The molecule has 162 valence electrons. The Morgan fingerprint density at radius 1 is 0.844 bits per heavy atom. The van der Waals surface area contributed by atoms with E-state index in [1.54, 1.807) is 56.5 Å². The monoisotopic (exact) mass is 429 g/mol. The van der Waals surface area contributed by atoms with Gasteiger partial charge < -0.3 is 19.5 Å². The second-order valence-electron chi connectivity index (χ2n) is 6.93. The average Bonchev–Trinajstić information content (AvgIpc) is 3.30. The Morgan fingerprint density at radius 2 is 1.62 bits per heavy atom. The fraction of sp³-hybridized carbons (Fsp3) is 0.120. The maximum Gasteiger partial charge on any atom is 0.259 e. The van der Waals surface area contributed by atoms with Gasteiger partial charge in [-0.1, -0.05) is 24.3 Å². The largest absolute Gasteiger partial charge is 0.497 e. The molecule has 0 bridgehead atoms. The van der Waals surface area contributed by atoms with E-state index >= 15 is 0 Å². The van der Waals surface area contributed by atoms with Gasteiger partial charge in [-0.05, 0) is 42.5 Å². The summed E-state index contributed by atoms with van der Waals surface area (Å²) in [5.74, 6) is 1.52. The molecule has 0 atom stereocenters. The van der Waals surface area contributed by atoms with Crippen molar-refractivity contribution in [3.63, 3.8) is 0 Å². The first-order chi connectivity index (χ1) is 15.6. The molecule has 3 aromatic carbocycles.